The van der Waals surface area contributed by atoms with Crippen LogP contribution < -0.4 is 0 Å². The summed E-state index contributed by atoms with van der Waals surface area (Å²) in [5.41, 5.74) is 1.22. The van der Waals surface area contributed by atoms with E-state index in [2.05, 4.69) is 0 Å². The molecule has 0 unspecified atom stereocenters. The number of hydrogen-bond acceptors (Lipinski definition) is 5. The Morgan fingerprint density at radius 2 is 1.96 bits per heavy atom. The number of cyclic esters (lactones) is 1. The van der Waals surface area contributed by atoms with Gasteiger partial charge in [0.25, 0.3) is 11.6 Å². The van der Waals surface area contributed by atoms with E-state index in [1.54, 1.807) is 6.07 Å². The van der Waals surface area contributed by atoms with Crippen molar-refractivity contribution in [2.24, 2.45) is 0 Å². The monoisotopic (exact) mass is 338 g/mol. The summed E-state index contributed by atoms with van der Waals surface area (Å²) in [6.07, 6.45) is 1.94. The molecule has 7 nitrogen and oxygen atoms in total. The van der Waals surface area contributed by atoms with Crippen molar-refractivity contribution in [3.8, 4) is 0 Å². The van der Waals surface area contributed by atoms with E-state index < -0.39 is 23.0 Å². The average Bonchev–Trinajstić information content (AvgIpc) is 3.02. The van der Waals surface area contributed by atoms with Gasteiger partial charge < -0.3 is 4.74 Å². The number of ether oxygens (including phenoxy) is 1. The second-order valence-corrected chi connectivity index (χ2v) is 5.40. The number of non-ortho nitro benzene ring substituents is 1. The van der Waals surface area contributed by atoms with Crippen molar-refractivity contribution in [1.29, 1.82) is 0 Å². The van der Waals surface area contributed by atoms with Crippen LogP contribution in [0.15, 0.2) is 60.7 Å². The molecule has 0 aliphatic carbocycles. The van der Waals surface area contributed by atoms with Crippen LogP contribution in [0.2, 0.25) is 0 Å². The van der Waals surface area contributed by atoms with E-state index in [0.717, 1.165) is 10.5 Å². The topological polar surface area (TPSA) is 89.8 Å². The third-order valence-corrected chi connectivity index (χ3v) is 3.79. The van der Waals surface area contributed by atoms with Gasteiger partial charge in [-0.1, -0.05) is 42.5 Å². The number of carbonyl (C=O) groups is 2. The van der Waals surface area contributed by atoms with Crippen molar-refractivity contribution >= 4 is 23.8 Å². The molecule has 1 atom stereocenters. The molecular weight excluding hydrogens is 324 g/mol. The van der Waals surface area contributed by atoms with Crippen LogP contribution in [0.4, 0.5) is 10.5 Å². The first kappa shape index (κ1) is 16.4. The lowest BCUT2D eigenvalue weighted by Gasteiger charge is -2.18. The lowest BCUT2D eigenvalue weighted by atomic mass is 10.1. The number of benzene rings is 2. The minimum Gasteiger partial charge on any atom is -0.446 e. The Labute approximate surface area is 143 Å². The van der Waals surface area contributed by atoms with E-state index >= 15 is 0 Å². The summed E-state index contributed by atoms with van der Waals surface area (Å²) >= 11 is 0. The van der Waals surface area contributed by atoms with Gasteiger partial charge in [0.1, 0.15) is 12.6 Å². The van der Waals surface area contributed by atoms with Crippen LogP contribution in [-0.2, 0) is 9.53 Å². The highest BCUT2D eigenvalue weighted by Gasteiger charge is 2.37. The van der Waals surface area contributed by atoms with Crippen molar-refractivity contribution in [3.63, 3.8) is 0 Å². The van der Waals surface area contributed by atoms with Crippen molar-refractivity contribution < 1.29 is 19.2 Å². The van der Waals surface area contributed by atoms with Gasteiger partial charge in [-0.2, -0.15) is 0 Å². The standard InChI is InChI=1S/C18H14N2O5/c21-17(10-9-13-5-4-8-15(11-13)20(23)24)19-16(12-25-18(19)22)14-6-2-1-3-7-14/h1-11,16H,12H2/t16-/m1/s1. The zero-order valence-electron chi connectivity index (χ0n) is 13.1. The Hall–Kier alpha value is -3.48. The Balaban J connectivity index is 1.80. The van der Waals surface area contributed by atoms with Gasteiger partial charge in [-0.05, 0) is 17.2 Å². The van der Waals surface area contributed by atoms with Gasteiger partial charge in [0, 0.05) is 18.2 Å². The molecule has 0 aromatic heterocycles. The number of nitro groups is 1. The first-order valence-corrected chi connectivity index (χ1v) is 7.53. The molecule has 0 radical (unpaired) electrons. The van der Waals surface area contributed by atoms with Crippen LogP contribution in [0.5, 0.6) is 0 Å². The number of rotatable bonds is 4. The summed E-state index contributed by atoms with van der Waals surface area (Å²) in [6.45, 7) is 0.0965. The quantitative estimate of drug-likeness (QED) is 0.484. The van der Waals surface area contributed by atoms with Crippen molar-refractivity contribution in [3.05, 3.63) is 81.9 Å². The predicted octanol–water partition coefficient (Wildman–Crippen LogP) is 3.33. The maximum atomic E-state index is 12.4. The SMILES string of the molecule is O=C(C=Cc1cccc([N+](=O)[O-])c1)N1C(=O)OC[C@@H]1c1ccccc1. The Morgan fingerprint density at radius 3 is 2.68 bits per heavy atom. The summed E-state index contributed by atoms with van der Waals surface area (Å²) < 4.78 is 5.00. The second-order valence-electron chi connectivity index (χ2n) is 5.40. The summed E-state index contributed by atoms with van der Waals surface area (Å²) in [7, 11) is 0. The van der Waals surface area contributed by atoms with Gasteiger partial charge in [-0.3, -0.25) is 14.9 Å². The molecule has 126 valence electrons. The van der Waals surface area contributed by atoms with Crippen molar-refractivity contribution in [1.82, 2.24) is 4.90 Å². The molecule has 1 saturated heterocycles. The third kappa shape index (κ3) is 3.55. The van der Waals surface area contributed by atoms with E-state index in [4.69, 9.17) is 4.74 Å². The molecule has 1 aliphatic heterocycles. The van der Waals surface area contributed by atoms with Gasteiger partial charge in [0.15, 0.2) is 0 Å². The smallest absolute Gasteiger partial charge is 0.417 e. The van der Waals surface area contributed by atoms with Crippen LogP contribution in [0.1, 0.15) is 17.2 Å². The second kappa shape index (κ2) is 6.96. The van der Waals surface area contributed by atoms with Gasteiger partial charge in [-0.25, -0.2) is 9.69 Å². The zero-order chi connectivity index (χ0) is 17.8. The number of hydrogen-bond donors (Lipinski definition) is 0. The van der Waals surface area contributed by atoms with E-state index in [1.165, 1.54) is 30.4 Å². The Kier molecular flexibility index (Phi) is 4.56. The molecule has 1 aliphatic rings. The summed E-state index contributed by atoms with van der Waals surface area (Å²) in [4.78, 5) is 35.7. The number of imide groups is 1. The summed E-state index contributed by atoms with van der Waals surface area (Å²) in [6, 6.07) is 14.5. The molecule has 2 aromatic carbocycles. The van der Waals surface area contributed by atoms with Crippen LogP contribution in [0.25, 0.3) is 6.08 Å². The van der Waals surface area contributed by atoms with Gasteiger partial charge in [0.2, 0.25) is 0 Å². The number of carbonyl (C=O) groups excluding carboxylic acids is 2. The highest BCUT2D eigenvalue weighted by Crippen LogP contribution is 2.28. The average molecular weight is 338 g/mol. The Bertz CT molecular complexity index is 848. The third-order valence-electron chi connectivity index (χ3n) is 3.79. The van der Waals surface area contributed by atoms with Gasteiger partial charge >= 0.3 is 6.09 Å². The maximum absolute atomic E-state index is 12.4. The van der Waals surface area contributed by atoms with Crippen LogP contribution >= 0.6 is 0 Å². The van der Waals surface area contributed by atoms with Crippen LogP contribution in [0, 0.1) is 10.1 Å². The lowest BCUT2D eigenvalue weighted by molar-refractivity contribution is -0.384. The van der Waals surface area contributed by atoms with Crippen molar-refractivity contribution in [2.75, 3.05) is 6.61 Å². The van der Waals surface area contributed by atoms with Crippen LogP contribution in [-0.4, -0.2) is 28.4 Å². The number of nitro benzene ring substituents is 1. The number of nitrogens with zero attached hydrogens (tertiary/aromatic N) is 2. The first-order chi connectivity index (χ1) is 12.1. The molecule has 2 aromatic rings. The summed E-state index contributed by atoms with van der Waals surface area (Å²) in [5.74, 6) is -0.539. The van der Waals surface area contributed by atoms with Gasteiger partial charge in [-0.15, -0.1) is 0 Å². The summed E-state index contributed by atoms with van der Waals surface area (Å²) in [5, 5.41) is 10.8. The molecule has 2 amide bonds. The molecule has 0 spiro atoms. The van der Waals surface area contributed by atoms with E-state index in [9.17, 15) is 19.7 Å². The van der Waals surface area contributed by atoms with Crippen molar-refractivity contribution in [2.45, 2.75) is 6.04 Å². The maximum Gasteiger partial charge on any atom is 0.417 e. The largest absolute Gasteiger partial charge is 0.446 e. The van der Waals surface area contributed by atoms with Crippen LogP contribution in [0.3, 0.4) is 0 Å². The fourth-order valence-electron chi connectivity index (χ4n) is 2.58. The molecular formula is C18H14N2O5. The minimum atomic E-state index is -0.706. The first-order valence-electron chi connectivity index (χ1n) is 7.53. The molecule has 3 rings (SSSR count). The fourth-order valence-corrected chi connectivity index (χ4v) is 2.58. The van der Waals surface area contributed by atoms with E-state index in [-0.39, 0.29) is 12.3 Å². The minimum absolute atomic E-state index is 0.0719. The van der Waals surface area contributed by atoms with E-state index in [0.29, 0.717) is 5.56 Å². The number of amides is 2. The van der Waals surface area contributed by atoms with E-state index in [1.807, 2.05) is 30.3 Å². The molecule has 0 saturated carbocycles. The lowest BCUT2D eigenvalue weighted by Crippen LogP contribution is -2.32. The van der Waals surface area contributed by atoms with Gasteiger partial charge in [0.05, 0.1) is 4.92 Å². The highest BCUT2D eigenvalue weighted by atomic mass is 16.6. The normalized spacial score (nSPS) is 16.9. The zero-order valence-corrected chi connectivity index (χ0v) is 13.1. The molecule has 0 bridgehead atoms. The fraction of sp³-hybridized carbons (Fsp3) is 0.111. The predicted molar refractivity (Wildman–Crippen MR) is 89.5 cm³/mol. The molecule has 7 heteroatoms. The molecule has 1 heterocycles. The highest BCUT2D eigenvalue weighted by molar-refractivity contribution is 6.02. The Morgan fingerprint density at radius 1 is 1.20 bits per heavy atom. The molecule has 0 N–H and O–H groups in total. The molecule has 25 heavy (non-hydrogen) atoms. The molecule has 1 fully saturated rings.